The molecule has 6 nitrogen and oxygen atoms in total. The quantitative estimate of drug-likeness (QED) is 0.522. The van der Waals surface area contributed by atoms with E-state index >= 15 is 0 Å². The predicted molar refractivity (Wildman–Crippen MR) is 115 cm³/mol. The van der Waals surface area contributed by atoms with Crippen LogP contribution in [0.2, 0.25) is 0 Å². The van der Waals surface area contributed by atoms with Crippen LogP contribution >= 0.6 is 11.5 Å². The third-order valence-electron chi connectivity index (χ3n) is 4.35. The molecule has 0 atom stereocenters. The first kappa shape index (κ1) is 20.4. The second-order valence-corrected chi connectivity index (χ2v) is 7.46. The Labute approximate surface area is 181 Å². The summed E-state index contributed by atoms with van der Waals surface area (Å²) in [6, 6.07) is 23.7. The Hall–Kier alpha value is -3.91. The van der Waals surface area contributed by atoms with E-state index in [1.165, 1.54) is 28.3 Å². The topological polar surface area (TPSA) is 76.3 Å². The zero-order valence-electron chi connectivity index (χ0n) is 16.2. The standard InChI is InChI=1S/C23H17FN4O2S/c24-18-11-13-19(14-12-18)28-27-20(22(30)25-15-16-7-3-1-4-8-16)23(31-28)26-21(29)17-9-5-2-6-10-17/h1-14H,15H2,(H,25,30). The molecule has 8 heteroatoms. The van der Waals surface area contributed by atoms with Crippen LogP contribution in [-0.2, 0) is 6.54 Å². The minimum atomic E-state index is -0.479. The largest absolute Gasteiger partial charge is 0.346 e. The molecule has 154 valence electrons. The smallest absolute Gasteiger partial charge is 0.278 e. The van der Waals surface area contributed by atoms with Gasteiger partial charge in [0, 0.05) is 12.1 Å². The first-order chi connectivity index (χ1) is 15.1. The Morgan fingerprint density at radius 1 is 0.935 bits per heavy atom. The van der Waals surface area contributed by atoms with Gasteiger partial charge in [0.2, 0.25) is 0 Å². The van der Waals surface area contributed by atoms with E-state index in [4.69, 9.17) is 0 Å². The van der Waals surface area contributed by atoms with Crippen LogP contribution in [-0.4, -0.2) is 21.0 Å². The zero-order chi connectivity index (χ0) is 21.6. The number of amides is 2. The Morgan fingerprint density at radius 2 is 1.58 bits per heavy atom. The molecule has 1 N–H and O–H groups in total. The second-order valence-electron chi connectivity index (χ2n) is 6.55. The summed E-state index contributed by atoms with van der Waals surface area (Å²) in [7, 11) is 0. The number of aromatic nitrogens is 2. The first-order valence-electron chi connectivity index (χ1n) is 9.43. The average Bonchev–Trinajstić information content (AvgIpc) is 3.23. The fourth-order valence-electron chi connectivity index (χ4n) is 2.77. The number of rotatable bonds is 5. The molecule has 0 saturated carbocycles. The third-order valence-corrected chi connectivity index (χ3v) is 5.27. The second kappa shape index (κ2) is 9.27. The molecule has 3 aromatic carbocycles. The summed E-state index contributed by atoms with van der Waals surface area (Å²) in [6.07, 6.45) is 0. The van der Waals surface area contributed by atoms with Gasteiger partial charge in [-0.3, -0.25) is 9.59 Å². The van der Waals surface area contributed by atoms with E-state index < -0.39 is 11.8 Å². The molecule has 0 fully saturated rings. The van der Waals surface area contributed by atoms with Gasteiger partial charge in [0.25, 0.3) is 11.8 Å². The van der Waals surface area contributed by atoms with Crippen LogP contribution in [0, 0.1) is 5.82 Å². The van der Waals surface area contributed by atoms with Gasteiger partial charge in [-0.2, -0.15) is 9.06 Å². The number of hydrogen-bond donors (Lipinski definition) is 1. The van der Waals surface area contributed by atoms with Crippen molar-refractivity contribution in [1.82, 2.24) is 14.5 Å². The molecule has 0 aliphatic heterocycles. The van der Waals surface area contributed by atoms with Crippen molar-refractivity contribution in [2.24, 2.45) is 4.99 Å². The maximum atomic E-state index is 13.3. The molecular formula is C23H17FN4O2S. The summed E-state index contributed by atoms with van der Waals surface area (Å²) < 4.78 is 14.9. The van der Waals surface area contributed by atoms with Crippen LogP contribution in [0.15, 0.2) is 89.9 Å². The molecule has 0 unspecified atom stereocenters. The Bertz CT molecular complexity index is 1270. The number of hydrogen-bond acceptors (Lipinski definition) is 4. The van der Waals surface area contributed by atoms with Crippen molar-refractivity contribution in [3.63, 3.8) is 0 Å². The Balaban J connectivity index is 1.69. The first-order valence-corrected chi connectivity index (χ1v) is 10.2. The number of carbonyl (C=O) groups excluding carboxylic acids is 2. The lowest BCUT2D eigenvalue weighted by Gasteiger charge is -2.03. The van der Waals surface area contributed by atoms with E-state index in [9.17, 15) is 14.0 Å². The summed E-state index contributed by atoms with van der Waals surface area (Å²) >= 11 is 1.03. The van der Waals surface area contributed by atoms with Crippen LogP contribution in [0.1, 0.15) is 26.4 Å². The molecule has 2 amide bonds. The van der Waals surface area contributed by atoms with Gasteiger partial charge in [-0.05, 0) is 53.5 Å². The van der Waals surface area contributed by atoms with Crippen molar-refractivity contribution in [3.8, 4) is 5.69 Å². The van der Waals surface area contributed by atoms with Gasteiger partial charge in [0.15, 0.2) is 10.4 Å². The fourth-order valence-corrected chi connectivity index (χ4v) is 3.63. The van der Waals surface area contributed by atoms with Gasteiger partial charge >= 0.3 is 0 Å². The van der Waals surface area contributed by atoms with Crippen LogP contribution in [0.4, 0.5) is 4.39 Å². The minimum absolute atomic E-state index is 0.0227. The molecule has 0 aliphatic rings. The SMILES string of the molecule is O=C(N=c1sn(-c2ccc(F)cc2)nc1C(=O)NCc1ccccc1)c1ccccc1. The zero-order valence-corrected chi connectivity index (χ0v) is 17.1. The maximum absolute atomic E-state index is 13.3. The summed E-state index contributed by atoms with van der Waals surface area (Å²) in [4.78, 5) is 29.6. The normalized spacial score (nSPS) is 11.3. The molecule has 4 aromatic rings. The predicted octanol–water partition coefficient (Wildman–Crippen LogP) is 3.74. The Morgan fingerprint density at radius 3 is 2.26 bits per heavy atom. The number of carbonyl (C=O) groups is 2. The minimum Gasteiger partial charge on any atom is -0.346 e. The van der Waals surface area contributed by atoms with E-state index in [2.05, 4.69) is 15.4 Å². The molecular weight excluding hydrogens is 415 g/mol. The van der Waals surface area contributed by atoms with E-state index in [1.54, 1.807) is 30.3 Å². The lowest BCUT2D eigenvalue weighted by Crippen LogP contribution is -2.28. The van der Waals surface area contributed by atoms with Crippen LogP contribution in [0.3, 0.4) is 0 Å². The van der Waals surface area contributed by atoms with E-state index in [-0.39, 0.29) is 16.2 Å². The van der Waals surface area contributed by atoms with Crippen molar-refractivity contribution in [1.29, 1.82) is 0 Å². The van der Waals surface area contributed by atoms with E-state index in [1.807, 2.05) is 30.3 Å². The molecule has 0 aliphatic carbocycles. The molecule has 0 saturated heterocycles. The molecule has 1 heterocycles. The number of halogens is 1. The molecule has 0 spiro atoms. The van der Waals surface area contributed by atoms with Gasteiger partial charge in [-0.15, -0.1) is 5.10 Å². The monoisotopic (exact) mass is 432 g/mol. The molecule has 0 radical (unpaired) electrons. The van der Waals surface area contributed by atoms with Crippen molar-refractivity contribution >= 4 is 23.3 Å². The highest BCUT2D eigenvalue weighted by Gasteiger charge is 2.17. The van der Waals surface area contributed by atoms with Crippen molar-refractivity contribution in [2.45, 2.75) is 6.54 Å². The van der Waals surface area contributed by atoms with Gasteiger partial charge < -0.3 is 5.32 Å². The highest BCUT2D eigenvalue weighted by atomic mass is 32.1. The summed E-state index contributed by atoms with van der Waals surface area (Å²) in [5, 5.41) is 7.13. The van der Waals surface area contributed by atoms with Crippen LogP contribution in [0.25, 0.3) is 5.69 Å². The highest BCUT2D eigenvalue weighted by Crippen LogP contribution is 2.11. The summed E-state index contributed by atoms with van der Waals surface area (Å²) in [5.41, 5.74) is 1.91. The van der Waals surface area contributed by atoms with Crippen molar-refractivity contribution in [2.75, 3.05) is 0 Å². The number of benzene rings is 3. The van der Waals surface area contributed by atoms with Gasteiger partial charge in [0.05, 0.1) is 5.69 Å². The Kier molecular flexibility index (Phi) is 6.09. The molecule has 31 heavy (non-hydrogen) atoms. The lowest BCUT2D eigenvalue weighted by atomic mass is 10.2. The maximum Gasteiger partial charge on any atom is 0.278 e. The molecule has 0 bridgehead atoms. The van der Waals surface area contributed by atoms with Gasteiger partial charge in [-0.1, -0.05) is 48.5 Å². The highest BCUT2D eigenvalue weighted by molar-refractivity contribution is 7.04. The number of nitrogens with one attached hydrogen (secondary N) is 1. The summed E-state index contributed by atoms with van der Waals surface area (Å²) in [5.74, 6) is -1.32. The number of nitrogens with zero attached hydrogens (tertiary/aromatic N) is 3. The van der Waals surface area contributed by atoms with Gasteiger partial charge in [0.1, 0.15) is 5.82 Å². The van der Waals surface area contributed by atoms with Gasteiger partial charge in [-0.25, -0.2) is 4.39 Å². The van der Waals surface area contributed by atoms with E-state index in [0.717, 1.165) is 17.1 Å². The average molecular weight is 432 g/mol. The van der Waals surface area contributed by atoms with Crippen molar-refractivity contribution < 1.29 is 14.0 Å². The molecule has 1 aromatic heterocycles. The van der Waals surface area contributed by atoms with Crippen LogP contribution < -0.4 is 9.99 Å². The van der Waals surface area contributed by atoms with E-state index in [0.29, 0.717) is 17.8 Å². The fraction of sp³-hybridized carbons (Fsp3) is 0.0435. The van der Waals surface area contributed by atoms with Crippen LogP contribution in [0.5, 0.6) is 0 Å². The summed E-state index contributed by atoms with van der Waals surface area (Å²) in [6.45, 7) is 0.305. The van der Waals surface area contributed by atoms with Crippen molar-refractivity contribution in [3.05, 3.63) is 112 Å². The third kappa shape index (κ3) is 4.99. The molecule has 4 rings (SSSR count). The lowest BCUT2D eigenvalue weighted by molar-refractivity contribution is 0.0944.